The minimum absolute atomic E-state index is 0.0207. The number of benzene rings is 2. The summed E-state index contributed by atoms with van der Waals surface area (Å²) in [6.07, 6.45) is 0.401. The van der Waals surface area contributed by atoms with Gasteiger partial charge in [0.05, 0.1) is 0 Å². The maximum Gasteiger partial charge on any atom is 0.222 e. The number of guanidine groups is 1. The van der Waals surface area contributed by atoms with Crippen LogP contribution in [0.2, 0.25) is 0 Å². The van der Waals surface area contributed by atoms with Gasteiger partial charge in [0.2, 0.25) is 5.91 Å². The Hall–Kier alpha value is -2.34. The number of nitrogens with zero attached hydrogens (tertiary/aromatic N) is 2. The molecular weight excluding hydrogens is 392 g/mol. The molecule has 2 rings (SSSR count). The van der Waals surface area contributed by atoms with Crippen molar-refractivity contribution in [2.75, 3.05) is 20.6 Å². The van der Waals surface area contributed by atoms with Crippen molar-refractivity contribution >= 4 is 27.8 Å². The normalized spacial score (nSPS) is 11.1. The van der Waals surface area contributed by atoms with E-state index in [1.165, 1.54) is 5.56 Å². The summed E-state index contributed by atoms with van der Waals surface area (Å²) in [7, 11) is 3.72. The summed E-state index contributed by atoms with van der Waals surface area (Å²) >= 11 is 3.44. The molecule has 138 valence electrons. The zero-order valence-corrected chi connectivity index (χ0v) is 16.8. The molecule has 0 aromatic heterocycles. The number of hydrogen-bond donors (Lipinski definition) is 2. The molecule has 0 aliphatic carbocycles. The third-order valence-electron chi connectivity index (χ3n) is 3.87. The van der Waals surface area contributed by atoms with Gasteiger partial charge in [-0.25, -0.2) is 0 Å². The Kier molecular flexibility index (Phi) is 8.15. The molecule has 2 aromatic rings. The van der Waals surface area contributed by atoms with Crippen LogP contribution in [0.15, 0.2) is 64.1 Å². The molecule has 5 nitrogen and oxygen atoms in total. The van der Waals surface area contributed by atoms with E-state index in [-0.39, 0.29) is 5.91 Å². The molecule has 0 saturated heterocycles. The highest BCUT2D eigenvalue weighted by Crippen LogP contribution is 2.11. The molecule has 6 heteroatoms. The van der Waals surface area contributed by atoms with Crippen molar-refractivity contribution in [3.8, 4) is 0 Å². The Morgan fingerprint density at radius 2 is 1.73 bits per heavy atom. The van der Waals surface area contributed by atoms with E-state index in [4.69, 9.17) is 0 Å². The van der Waals surface area contributed by atoms with E-state index in [2.05, 4.69) is 43.7 Å². The third-order valence-corrected chi connectivity index (χ3v) is 4.40. The molecule has 0 aliphatic rings. The predicted octanol–water partition coefficient (Wildman–Crippen LogP) is 3.16. The maximum absolute atomic E-state index is 12.0. The number of aliphatic imine (C=N–C) groups is 1. The van der Waals surface area contributed by atoms with E-state index in [1.54, 1.807) is 7.05 Å². The SMILES string of the molecule is CN=C(NCCC(=O)NCc1ccccc1)N(C)Cc1ccc(Br)cc1. The highest BCUT2D eigenvalue weighted by molar-refractivity contribution is 9.10. The lowest BCUT2D eigenvalue weighted by Gasteiger charge is -2.22. The first-order valence-electron chi connectivity index (χ1n) is 8.55. The number of carbonyl (C=O) groups excluding carboxylic acids is 1. The number of halogens is 1. The summed E-state index contributed by atoms with van der Waals surface area (Å²) in [5.41, 5.74) is 2.29. The quantitative estimate of drug-likeness (QED) is 0.538. The van der Waals surface area contributed by atoms with Crippen molar-refractivity contribution in [3.63, 3.8) is 0 Å². The van der Waals surface area contributed by atoms with Crippen LogP contribution in [0.25, 0.3) is 0 Å². The van der Waals surface area contributed by atoms with Gasteiger partial charge in [-0.1, -0.05) is 58.4 Å². The van der Waals surface area contributed by atoms with Crippen molar-refractivity contribution in [1.82, 2.24) is 15.5 Å². The van der Waals surface area contributed by atoms with Gasteiger partial charge in [-0.05, 0) is 23.3 Å². The molecule has 0 atom stereocenters. The summed E-state index contributed by atoms with van der Waals surface area (Å²) in [6.45, 7) is 1.84. The zero-order chi connectivity index (χ0) is 18.8. The van der Waals surface area contributed by atoms with Gasteiger partial charge in [-0.15, -0.1) is 0 Å². The second-order valence-electron chi connectivity index (χ2n) is 5.97. The van der Waals surface area contributed by atoms with Crippen LogP contribution in [0.3, 0.4) is 0 Å². The molecular formula is C20H25BrN4O. The molecule has 2 N–H and O–H groups in total. The highest BCUT2D eigenvalue weighted by Gasteiger charge is 2.08. The molecule has 0 radical (unpaired) electrons. The smallest absolute Gasteiger partial charge is 0.222 e. The van der Waals surface area contributed by atoms with Crippen LogP contribution in [0.5, 0.6) is 0 Å². The first-order valence-corrected chi connectivity index (χ1v) is 9.34. The van der Waals surface area contributed by atoms with Crippen LogP contribution in [-0.4, -0.2) is 37.4 Å². The lowest BCUT2D eigenvalue weighted by atomic mass is 10.2. The second-order valence-corrected chi connectivity index (χ2v) is 6.88. The van der Waals surface area contributed by atoms with E-state index in [1.807, 2.05) is 54.4 Å². The molecule has 0 saturated carbocycles. The number of rotatable bonds is 7. The van der Waals surface area contributed by atoms with Crippen LogP contribution in [-0.2, 0) is 17.9 Å². The van der Waals surface area contributed by atoms with E-state index in [9.17, 15) is 4.79 Å². The van der Waals surface area contributed by atoms with Crippen LogP contribution in [0, 0.1) is 0 Å². The monoisotopic (exact) mass is 416 g/mol. The Balaban J connectivity index is 1.72. The maximum atomic E-state index is 12.0. The molecule has 2 aromatic carbocycles. The first kappa shape index (κ1) is 20.0. The standard InChI is InChI=1S/C20H25BrN4O/c1-22-20(25(2)15-17-8-10-18(21)11-9-17)23-13-12-19(26)24-14-16-6-4-3-5-7-16/h3-11H,12-15H2,1-2H3,(H,22,23)(H,24,26). The summed E-state index contributed by atoms with van der Waals surface area (Å²) in [6, 6.07) is 18.1. The first-order chi connectivity index (χ1) is 12.6. The van der Waals surface area contributed by atoms with Crippen LogP contribution in [0.1, 0.15) is 17.5 Å². The lowest BCUT2D eigenvalue weighted by molar-refractivity contribution is -0.121. The van der Waals surface area contributed by atoms with Gasteiger partial charge in [-0.2, -0.15) is 0 Å². The Labute approximate surface area is 163 Å². The Morgan fingerprint density at radius 1 is 1.04 bits per heavy atom. The average molecular weight is 417 g/mol. The van der Waals surface area contributed by atoms with Gasteiger partial charge >= 0.3 is 0 Å². The average Bonchev–Trinajstić information content (AvgIpc) is 2.66. The lowest BCUT2D eigenvalue weighted by Crippen LogP contribution is -2.40. The summed E-state index contributed by atoms with van der Waals surface area (Å²) in [5.74, 6) is 0.788. The number of nitrogens with one attached hydrogen (secondary N) is 2. The van der Waals surface area contributed by atoms with Crippen molar-refractivity contribution in [3.05, 3.63) is 70.2 Å². The van der Waals surface area contributed by atoms with Gasteiger partial charge in [-0.3, -0.25) is 9.79 Å². The summed E-state index contributed by atoms with van der Waals surface area (Å²) in [4.78, 5) is 18.3. The van der Waals surface area contributed by atoms with E-state index in [0.717, 1.165) is 22.5 Å². The van der Waals surface area contributed by atoms with Crippen LogP contribution >= 0.6 is 15.9 Å². The van der Waals surface area contributed by atoms with Crippen LogP contribution in [0.4, 0.5) is 0 Å². The molecule has 0 spiro atoms. The largest absolute Gasteiger partial charge is 0.356 e. The van der Waals surface area contributed by atoms with Gasteiger partial charge < -0.3 is 15.5 Å². The minimum atomic E-state index is 0.0207. The third kappa shape index (κ3) is 6.88. The van der Waals surface area contributed by atoms with E-state index < -0.39 is 0 Å². The number of hydrogen-bond acceptors (Lipinski definition) is 2. The highest BCUT2D eigenvalue weighted by atomic mass is 79.9. The molecule has 1 amide bonds. The predicted molar refractivity (Wildman–Crippen MR) is 110 cm³/mol. The molecule has 26 heavy (non-hydrogen) atoms. The molecule has 0 unspecified atom stereocenters. The topological polar surface area (TPSA) is 56.7 Å². The van der Waals surface area contributed by atoms with Gasteiger partial charge in [0, 0.05) is 44.6 Å². The number of amides is 1. The molecule has 0 heterocycles. The fraction of sp³-hybridized carbons (Fsp3) is 0.300. The van der Waals surface area contributed by atoms with Gasteiger partial charge in [0.1, 0.15) is 0 Å². The van der Waals surface area contributed by atoms with Gasteiger partial charge in [0.25, 0.3) is 0 Å². The van der Waals surface area contributed by atoms with Crippen LogP contribution < -0.4 is 10.6 Å². The molecule has 0 bridgehead atoms. The van der Waals surface area contributed by atoms with Crippen molar-refractivity contribution in [2.24, 2.45) is 4.99 Å². The fourth-order valence-electron chi connectivity index (χ4n) is 2.50. The Bertz CT molecular complexity index is 716. The summed E-state index contributed by atoms with van der Waals surface area (Å²) in [5, 5.41) is 6.16. The van der Waals surface area contributed by atoms with Gasteiger partial charge in [0.15, 0.2) is 5.96 Å². The minimum Gasteiger partial charge on any atom is -0.356 e. The zero-order valence-electron chi connectivity index (χ0n) is 15.2. The summed E-state index contributed by atoms with van der Waals surface area (Å²) < 4.78 is 1.06. The molecule has 0 aliphatic heterocycles. The fourth-order valence-corrected chi connectivity index (χ4v) is 2.76. The second kappa shape index (κ2) is 10.6. The van der Waals surface area contributed by atoms with E-state index >= 15 is 0 Å². The van der Waals surface area contributed by atoms with Crippen molar-refractivity contribution < 1.29 is 4.79 Å². The Morgan fingerprint density at radius 3 is 2.38 bits per heavy atom. The number of carbonyl (C=O) groups is 1. The van der Waals surface area contributed by atoms with Crippen molar-refractivity contribution in [2.45, 2.75) is 19.5 Å². The molecule has 0 fully saturated rings. The van der Waals surface area contributed by atoms with Crippen molar-refractivity contribution in [1.29, 1.82) is 0 Å². The van der Waals surface area contributed by atoms with E-state index in [0.29, 0.717) is 19.5 Å².